The molecule has 3 heterocycles. The highest BCUT2D eigenvalue weighted by atomic mass is 16.5. The maximum absolute atomic E-state index is 12.5. The molecule has 4 aromatic rings. The maximum Gasteiger partial charge on any atom is 0.411 e. The molecule has 0 aliphatic carbocycles. The zero-order chi connectivity index (χ0) is 24.4. The van der Waals surface area contributed by atoms with Gasteiger partial charge in [0, 0.05) is 41.8 Å². The van der Waals surface area contributed by atoms with Crippen LogP contribution in [0.15, 0.2) is 54.7 Å². The Labute approximate surface area is 202 Å². The lowest BCUT2D eigenvalue weighted by molar-refractivity contribution is 0.187. The number of fused-ring (bicyclic) bond motifs is 1. The summed E-state index contributed by atoms with van der Waals surface area (Å²) in [6, 6.07) is 15.2. The molecule has 35 heavy (non-hydrogen) atoms. The summed E-state index contributed by atoms with van der Waals surface area (Å²) in [6.07, 6.45) is 3.36. The Hall–Kier alpha value is -4.40. The standard InChI is InChI=1S/C26H26N6O3/c1-16-5-8-20(28-25(33)32-11-3-4-12-32)14-21(16)23-30-22-13-18(15-27-24(22)31-23)17-6-9-19(10-7-17)29-26(34)35-2/h5-10,13-15H,3-4,11-12H2,1-2H3,(H,28,33)(H,29,34)(H,27,30,31). The average molecular weight is 471 g/mol. The summed E-state index contributed by atoms with van der Waals surface area (Å²) in [7, 11) is 1.33. The molecule has 178 valence electrons. The fraction of sp³-hybridized carbons (Fsp3) is 0.231. The Bertz CT molecular complexity index is 1390. The molecule has 1 aliphatic rings. The Morgan fingerprint density at radius 3 is 2.46 bits per heavy atom. The van der Waals surface area contributed by atoms with Crippen molar-refractivity contribution in [2.45, 2.75) is 19.8 Å². The summed E-state index contributed by atoms with van der Waals surface area (Å²) >= 11 is 0. The highest BCUT2D eigenvalue weighted by Gasteiger charge is 2.18. The van der Waals surface area contributed by atoms with Gasteiger partial charge in [0.15, 0.2) is 5.65 Å². The van der Waals surface area contributed by atoms with E-state index in [1.807, 2.05) is 48.2 Å². The van der Waals surface area contributed by atoms with Gasteiger partial charge in [0.1, 0.15) is 5.82 Å². The number of methoxy groups -OCH3 is 1. The third kappa shape index (κ3) is 4.79. The second kappa shape index (κ2) is 9.46. The minimum atomic E-state index is -0.513. The van der Waals surface area contributed by atoms with Gasteiger partial charge in [-0.3, -0.25) is 5.32 Å². The topological polar surface area (TPSA) is 112 Å². The van der Waals surface area contributed by atoms with Crippen molar-refractivity contribution in [3.05, 3.63) is 60.3 Å². The van der Waals surface area contributed by atoms with Crippen molar-refractivity contribution in [3.63, 3.8) is 0 Å². The van der Waals surface area contributed by atoms with Gasteiger partial charge in [0.25, 0.3) is 0 Å². The summed E-state index contributed by atoms with van der Waals surface area (Å²) in [6.45, 7) is 3.61. The van der Waals surface area contributed by atoms with Crippen LogP contribution >= 0.6 is 0 Å². The normalized spacial score (nSPS) is 13.1. The number of aromatic amines is 1. The van der Waals surface area contributed by atoms with Crippen LogP contribution in [-0.2, 0) is 4.74 Å². The fourth-order valence-corrected chi connectivity index (χ4v) is 4.18. The van der Waals surface area contributed by atoms with Crippen LogP contribution in [0.25, 0.3) is 33.7 Å². The second-order valence-corrected chi connectivity index (χ2v) is 8.53. The molecule has 0 bridgehead atoms. The zero-order valence-corrected chi connectivity index (χ0v) is 19.6. The van der Waals surface area contributed by atoms with Gasteiger partial charge in [-0.1, -0.05) is 18.2 Å². The van der Waals surface area contributed by atoms with E-state index in [1.54, 1.807) is 18.3 Å². The molecule has 0 saturated carbocycles. The molecule has 2 aromatic carbocycles. The molecule has 1 saturated heterocycles. The number of imidazole rings is 1. The number of aromatic nitrogens is 3. The Balaban J connectivity index is 1.39. The number of nitrogens with one attached hydrogen (secondary N) is 3. The fourth-order valence-electron chi connectivity index (χ4n) is 4.18. The summed E-state index contributed by atoms with van der Waals surface area (Å²) < 4.78 is 4.62. The maximum atomic E-state index is 12.5. The number of likely N-dealkylation sites (tertiary alicyclic amines) is 1. The largest absolute Gasteiger partial charge is 0.453 e. The smallest absolute Gasteiger partial charge is 0.411 e. The van der Waals surface area contributed by atoms with Crippen LogP contribution in [0.5, 0.6) is 0 Å². The molecule has 0 unspecified atom stereocenters. The van der Waals surface area contributed by atoms with E-state index < -0.39 is 6.09 Å². The van der Waals surface area contributed by atoms with Gasteiger partial charge >= 0.3 is 12.1 Å². The first-order chi connectivity index (χ1) is 17.0. The number of hydrogen-bond acceptors (Lipinski definition) is 5. The number of nitrogens with zero attached hydrogens (tertiary/aromatic N) is 3. The van der Waals surface area contributed by atoms with Gasteiger partial charge in [0.2, 0.25) is 0 Å². The molecule has 9 nitrogen and oxygen atoms in total. The lowest BCUT2D eigenvalue weighted by atomic mass is 10.1. The number of aryl methyl sites for hydroxylation is 1. The van der Waals surface area contributed by atoms with Gasteiger partial charge in [-0.2, -0.15) is 0 Å². The van der Waals surface area contributed by atoms with E-state index in [1.165, 1.54) is 7.11 Å². The second-order valence-electron chi connectivity index (χ2n) is 8.53. The van der Waals surface area contributed by atoms with E-state index in [0.29, 0.717) is 17.2 Å². The van der Waals surface area contributed by atoms with E-state index in [4.69, 9.17) is 0 Å². The minimum absolute atomic E-state index is 0.0685. The number of anilines is 2. The summed E-state index contributed by atoms with van der Waals surface area (Å²) in [5.41, 5.74) is 6.61. The quantitative estimate of drug-likeness (QED) is 0.369. The monoisotopic (exact) mass is 470 g/mol. The molecule has 2 aromatic heterocycles. The Morgan fingerprint density at radius 1 is 0.971 bits per heavy atom. The number of rotatable bonds is 4. The molecule has 0 radical (unpaired) electrons. The summed E-state index contributed by atoms with van der Waals surface area (Å²) in [5, 5.41) is 5.64. The number of H-pyrrole nitrogens is 1. The third-order valence-electron chi connectivity index (χ3n) is 6.12. The molecular weight excluding hydrogens is 444 g/mol. The van der Waals surface area contributed by atoms with Crippen LogP contribution < -0.4 is 10.6 Å². The van der Waals surface area contributed by atoms with Gasteiger partial charge in [-0.25, -0.2) is 19.6 Å². The number of carbonyl (C=O) groups is 2. The van der Waals surface area contributed by atoms with E-state index in [-0.39, 0.29) is 6.03 Å². The molecule has 9 heteroatoms. The summed E-state index contributed by atoms with van der Waals surface area (Å²) in [4.78, 5) is 38.3. The van der Waals surface area contributed by atoms with Crippen molar-refractivity contribution >= 4 is 34.7 Å². The van der Waals surface area contributed by atoms with Crippen molar-refractivity contribution in [1.82, 2.24) is 19.9 Å². The van der Waals surface area contributed by atoms with E-state index in [9.17, 15) is 9.59 Å². The van der Waals surface area contributed by atoms with Crippen molar-refractivity contribution in [3.8, 4) is 22.5 Å². The van der Waals surface area contributed by atoms with Gasteiger partial charge in [-0.15, -0.1) is 0 Å². The Kier molecular flexibility index (Phi) is 6.05. The van der Waals surface area contributed by atoms with Crippen LogP contribution in [-0.4, -0.2) is 52.2 Å². The van der Waals surface area contributed by atoms with Crippen molar-refractivity contribution in [2.24, 2.45) is 0 Å². The number of pyridine rings is 1. The SMILES string of the molecule is COC(=O)Nc1ccc(-c2cnc3nc(-c4cc(NC(=O)N5CCCC5)ccc4C)[nH]c3c2)cc1. The van der Waals surface area contributed by atoms with Crippen LogP contribution in [0.2, 0.25) is 0 Å². The van der Waals surface area contributed by atoms with Gasteiger partial charge in [-0.05, 0) is 61.2 Å². The number of amides is 3. The molecule has 5 rings (SSSR count). The van der Waals surface area contributed by atoms with Crippen LogP contribution in [0.1, 0.15) is 18.4 Å². The Morgan fingerprint density at radius 2 is 1.71 bits per heavy atom. The predicted octanol–water partition coefficient (Wildman–Crippen LogP) is 5.41. The van der Waals surface area contributed by atoms with Crippen molar-refractivity contribution in [1.29, 1.82) is 0 Å². The highest BCUT2D eigenvalue weighted by Crippen LogP contribution is 2.29. The van der Waals surface area contributed by atoms with Crippen molar-refractivity contribution in [2.75, 3.05) is 30.8 Å². The minimum Gasteiger partial charge on any atom is -0.453 e. The number of carbonyl (C=O) groups excluding carboxylic acids is 2. The molecular formula is C26H26N6O3. The van der Waals surface area contributed by atoms with Crippen LogP contribution in [0, 0.1) is 6.92 Å². The van der Waals surface area contributed by atoms with E-state index >= 15 is 0 Å². The lowest BCUT2D eigenvalue weighted by Crippen LogP contribution is -2.32. The molecule has 3 N–H and O–H groups in total. The third-order valence-corrected chi connectivity index (χ3v) is 6.12. The number of hydrogen-bond donors (Lipinski definition) is 3. The lowest BCUT2D eigenvalue weighted by Gasteiger charge is -2.16. The number of urea groups is 1. The predicted molar refractivity (Wildman–Crippen MR) is 135 cm³/mol. The van der Waals surface area contributed by atoms with Crippen LogP contribution in [0.4, 0.5) is 21.0 Å². The zero-order valence-electron chi connectivity index (χ0n) is 19.6. The number of benzene rings is 2. The van der Waals surface area contributed by atoms with E-state index in [0.717, 1.165) is 59.4 Å². The molecule has 0 spiro atoms. The number of ether oxygens (including phenoxy) is 1. The van der Waals surface area contributed by atoms with E-state index in [2.05, 4.69) is 30.3 Å². The molecule has 1 aliphatic heterocycles. The van der Waals surface area contributed by atoms with Gasteiger partial charge < -0.3 is 19.9 Å². The molecule has 3 amide bonds. The van der Waals surface area contributed by atoms with Crippen LogP contribution in [0.3, 0.4) is 0 Å². The highest BCUT2D eigenvalue weighted by molar-refractivity contribution is 5.91. The van der Waals surface area contributed by atoms with Crippen molar-refractivity contribution < 1.29 is 14.3 Å². The van der Waals surface area contributed by atoms with Gasteiger partial charge in [0.05, 0.1) is 12.6 Å². The first-order valence-corrected chi connectivity index (χ1v) is 11.5. The first kappa shape index (κ1) is 22.4. The molecule has 0 atom stereocenters. The first-order valence-electron chi connectivity index (χ1n) is 11.5. The molecule has 1 fully saturated rings. The summed E-state index contributed by atoms with van der Waals surface area (Å²) in [5.74, 6) is 0.692. The average Bonchev–Trinajstić information content (AvgIpc) is 3.55.